The van der Waals surface area contributed by atoms with Crippen molar-refractivity contribution < 1.29 is 9.63 Å². The molecule has 0 amide bonds. The van der Waals surface area contributed by atoms with Crippen molar-refractivity contribution in [3.63, 3.8) is 0 Å². The molecule has 2 heterocycles. The summed E-state index contributed by atoms with van der Waals surface area (Å²) in [5.74, 6) is 2.60. The Morgan fingerprint density at radius 2 is 2.25 bits per heavy atom. The lowest BCUT2D eigenvalue weighted by molar-refractivity contribution is 0.271. The molecule has 0 fully saturated rings. The summed E-state index contributed by atoms with van der Waals surface area (Å²) >= 11 is 1.52. The summed E-state index contributed by atoms with van der Waals surface area (Å²) in [4.78, 5) is 8.61. The molecule has 0 unspecified atom stereocenters. The highest BCUT2D eigenvalue weighted by Crippen LogP contribution is 2.21. The molecule has 0 saturated carbocycles. The molecule has 0 aliphatic heterocycles. The van der Waals surface area contributed by atoms with Crippen LogP contribution in [0, 0.1) is 5.92 Å². The lowest BCUT2D eigenvalue weighted by atomic mass is 10.1. The van der Waals surface area contributed by atoms with Crippen molar-refractivity contribution in [2.75, 3.05) is 0 Å². The van der Waals surface area contributed by atoms with Gasteiger partial charge in [-0.1, -0.05) is 30.8 Å². The third-order valence-corrected chi connectivity index (χ3v) is 4.01. The van der Waals surface area contributed by atoms with Crippen LogP contribution in [0.4, 0.5) is 0 Å². The minimum Gasteiger partial charge on any atom is -0.390 e. The Morgan fingerprint density at radius 3 is 2.90 bits per heavy atom. The highest BCUT2D eigenvalue weighted by atomic mass is 32.2. The molecule has 1 N–H and O–H groups in total. The molecule has 110 valence electrons. The minimum atomic E-state index is -0.00995. The van der Waals surface area contributed by atoms with Gasteiger partial charge in [0.2, 0.25) is 5.89 Å². The number of aliphatic hydroxyl groups excluding tert-OH is 1. The first-order chi connectivity index (χ1) is 9.60. The first-order valence-electron chi connectivity index (χ1n) is 6.66. The highest BCUT2D eigenvalue weighted by molar-refractivity contribution is 7.98. The molecule has 0 saturated heterocycles. The van der Waals surface area contributed by atoms with Crippen LogP contribution in [0.2, 0.25) is 0 Å². The second-order valence-corrected chi connectivity index (χ2v) is 6.02. The Morgan fingerprint density at radius 1 is 1.45 bits per heavy atom. The van der Waals surface area contributed by atoms with Crippen LogP contribution in [0.15, 0.2) is 15.9 Å². The topological polar surface area (TPSA) is 77.0 Å². The maximum absolute atomic E-state index is 9.11. The Labute approximate surface area is 122 Å². The van der Waals surface area contributed by atoms with E-state index < -0.39 is 0 Å². The van der Waals surface area contributed by atoms with Crippen molar-refractivity contribution in [1.29, 1.82) is 0 Å². The van der Waals surface area contributed by atoms with Crippen molar-refractivity contribution in [2.24, 2.45) is 13.0 Å². The maximum atomic E-state index is 9.11. The van der Waals surface area contributed by atoms with Crippen LogP contribution in [0.3, 0.4) is 0 Å². The Bertz CT molecular complexity index is 550. The van der Waals surface area contributed by atoms with E-state index >= 15 is 0 Å². The van der Waals surface area contributed by atoms with Crippen LogP contribution in [-0.2, 0) is 25.8 Å². The van der Waals surface area contributed by atoms with Crippen LogP contribution in [0.25, 0.3) is 0 Å². The molecule has 0 radical (unpaired) electrons. The van der Waals surface area contributed by atoms with Crippen LogP contribution in [0.5, 0.6) is 0 Å². The molecule has 2 aromatic rings. The third kappa shape index (κ3) is 3.83. The first kappa shape index (κ1) is 15.1. The molecule has 7 heteroatoms. The number of imidazole rings is 1. The number of aryl methyl sites for hydroxylation is 1. The molecular formula is C13H20N4O2S. The van der Waals surface area contributed by atoms with Crippen LogP contribution in [0.1, 0.15) is 37.7 Å². The zero-order valence-corrected chi connectivity index (χ0v) is 12.9. The van der Waals surface area contributed by atoms with Crippen LogP contribution in [-0.4, -0.2) is 24.8 Å². The van der Waals surface area contributed by atoms with E-state index in [0.717, 1.165) is 29.5 Å². The van der Waals surface area contributed by atoms with Gasteiger partial charge >= 0.3 is 0 Å². The summed E-state index contributed by atoms with van der Waals surface area (Å²) in [6.45, 7) is 4.34. The third-order valence-electron chi connectivity index (χ3n) is 2.98. The molecule has 0 atom stereocenters. The zero-order valence-electron chi connectivity index (χ0n) is 12.0. The van der Waals surface area contributed by atoms with Gasteiger partial charge in [-0.2, -0.15) is 4.98 Å². The molecule has 0 aliphatic rings. The fourth-order valence-electron chi connectivity index (χ4n) is 1.70. The second-order valence-electron chi connectivity index (χ2n) is 5.07. The van der Waals surface area contributed by atoms with Gasteiger partial charge in [0.15, 0.2) is 11.0 Å². The Hall–Kier alpha value is -1.34. The lowest BCUT2D eigenvalue weighted by Crippen LogP contribution is -1.97. The van der Waals surface area contributed by atoms with Gasteiger partial charge < -0.3 is 14.2 Å². The van der Waals surface area contributed by atoms with Crippen molar-refractivity contribution >= 4 is 11.8 Å². The van der Waals surface area contributed by atoms with E-state index in [-0.39, 0.29) is 6.61 Å². The Kier molecular flexibility index (Phi) is 5.19. The summed E-state index contributed by atoms with van der Waals surface area (Å²) in [5, 5.41) is 13.9. The van der Waals surface area contributed by atoms with E-state index in [1.807, 2.05) is 11.6 Å². The quantitative estimate of drug-likeness (QED) is 0.789. The number of aliphatic hydroxyl groups is 1. The Balaban J connectivity index is 1.89. The lowest BCUT2D eigenvalue weighted by Gasteiger charge is -2.01. The largest absolute Gasteiger partial charge is 0.390 e. The van der Waals surface area contributed by atoms with Gasteiger partial charge in [0.05, 0.1) is 24.3 Å². The van der Waals surface area contributed by atoms with Crippen molar-refractivity contribution in [2.45, 2.75) is 44.2 Å². The summed E-state index contributed by atoms with van der Waals surface area (Å²) in [6, 6.07) is 0. The number of nitrogens with zero attached hydrogens (tertiary/aromatic N) is 4. The SMILES string of the molecule is CC(C)CCc1noc(CSc2ncc(CO)n2C)n1. The van der Waals surface area contributed by atoms with Crippen molar-refractivity contribution in [1.82, 2.24) is 19.7 Å². The van der Waals surface area contributed by atoms with E-state index in [1.165, 1.54) is 11.8 Å². The second kappa shape index (κ2) is 6.90. The summed E-state index contributed by atoms with van der Waals surface area (Å²) in [6.07, 6.45) is 3.58. The average molecular weight is 296 g/mol. The first-order valence-corrected chi connectivity index (χ1v) is 7.64. The van der Waals surface area contributed by atoms with Gasteiger partial charge in [-0.05, 0) is 12.3 Å². The summed E-state index contributed by atoms with van der Waals surface area (Å²) in [7, 11) is 1.88. The van der Waals surface area contributed by atoms with Gasteiger partial charge in [0, 0.05) is 13.5 Å². The zero-order chi connectivity index (χ0) is 14.5. The number of hydrogen-bond acceptors (Lipinski definition) is 6. The van der Waals surface area contributed by atoms with E-state index in [9.17, 15) is 0 Å². The summed E-state index contributed by atoms with van der Waals surface area (Å²) < 4.78 is 7.09. The standard InChI is InChI=1S/C13H20N4O2S/c1-9(2)4-5-11-15-12(19-16-11)8-20-13-14-6-10(7-18)17(13)3/h6,9,18H,4-5,7-8H2,1-3H3. The van der Waals surface area contributed by atoms with Crippen LogP contribution < -0.4 is 0 Å². The molecule has 2 rings (SSSR count). The van der Waals surface area contributed by atoms with E-state index in [0.29, 0.717) is 17.6 Å². The average Bonchev–Trinajstić information content (AvgIpc) is 3.01. The predicted molar refractivity (Wildman–Crippen MR) is 76.1 cm³/mol. The highest BCUT2D eigenvalue weighted by Gasteiger charge is 2.11. The summed E-state index contributed by atoms with van der Waals surface area (Å²) in [5.41, 5.74) is 0.788. The van der Waals surface area contributed by atoms with Crippen molar-refractivity contribution in [3.05, 3.63) is 23.6 Å². The molecule has 6 nitrogen and oxygen atoms in total. The molecule has 0 spiro atoms. The van der Waals surface area contributed by atoms with Gasteiger partial charge in [-0.25, -0.2) is 4.98 Å². The van der Waals surface area contributed by atoms with Gasteiger partial charge in [0.25, 0.3) is 0 Å². The molecule has 0 aromatic carbocycles. The maximum Gasteiger partial charge on any atom is 0.237 e. The van der Waals surface area contributed by atoms with E-state index in [4.69, 9.17) is 9.63 Å². The predicted octanol–water partition coefficient (Wildman–Crippen LogP) is 2.18. The fraction of sp³-hybridized carbons (Fsp3) is 0.615. The van der Waals surface area contributed by atoms with E-state index in [2.05, 4.69) is 29.0 Å². The number of aromatic nitrogens is 4. The van der Waals surface area contributed by atoms with Crippen molar-refractivity contribution in [3.8, 4) is 0 Å². The molecule has 20 heavy (non-hydrogen) atoms. The minimum absolute atomic E-state index is 0.00995. The van der Waals surface area contributed by atoms with Crippen LogP contribution >= 0.6 is 11.8 Å². The van der Waals surface area contributed by atoms with Gasteiger partial charge in [-0.3, -0.25) is 0 Å². The monoisotopic (exact) mass is 296 g/mol. The number of rotatable bonds is 7. The number of thioether (sulfide) groups is 1. The number of hydrogen-bond donors (Lipinski definition) is 1. The fourth-order valence-corrected chi connectivity index (χ4v) is 2.51. The molecular weight excluding hydrogens is 276 g/mol. The molecule has 0 aliphatic carbocycles. The van der Waals surface area contributed by atoms with Gasteiger partial charge in [0.1, 0.15) is 0 Å². The molecule has 0 bridgehead atoms. The normalized spacial score (nSPS) is 11.4. The van der Waals surface area contributed by atoms with Gasteiger partial charge in [-0.15, -0.1) is 0 Å². The van der Waals surface area contributed by atoms with E-state index in [1.54, 1.807) is 6.20 Å². The molecule has 2 aromatic heterocycles. The smallest absolute Gasteiger partial charge is 0.237 e.